The number of carbonyl (C=O) groups is 1. The van der Waals surface area contributed by atoms with E-state index in [4.69, 9.17) is 4.74 Å². The molecule has 4 unspecified atom stereocenters. The Hall–Kier alpha value is -0.790. The van der Waals surface area contributed by atoms with Crippen LogP contribution < -0.4 is 0 Å². The Kier molecular flexibility index (Phi) is 5.57. The largest absolute Gasteiger partial charge is 0.462 e. The zero-order chi connectivity index (χ0) is 24.9. The van der Waals surface area contributed by atoms with Crippen LogP contribution in [0.5, 0.6) is 0 Å². The summed E-state index contributed by atoms with van der Waals surface area (Å²) in [4.78, 5) is 11.9. The van der Waals surface area contributed by atoms with E-state index in [2.05, 4.69) is 61.5 Å². The smallest absolute Gasteiger partial charge is 0.302 e. The number of ether oxygens (including phenoxy) is 1. The number of hydrogen-bond donors (Lipinski definition) is 0. The minimum Gasteiger partial charge on any atom is -0.462 e. The Bertz CT molecular complexity index is 883. The van der Waals surface area contributed by atoms with Gasteiger partial charge in [0.05, 0.1) is 0 Å². The molecule has 2 heteroatoms. The van der Waals surface area contributed by atoms with Crippen LogP contribution in [0.3, 0.4) is 0 Å². The first-order valence-corrected chi connectivity index (χ1v) is 14.6. The van der Waals surface area contributed by atoms with Gasteiger partial charge in [0.2, 0.25) is 0 Å². The maximum absolute atomic E-state index is 11.9. The molecule has 0 aromatic rings. The molecule has 0 heterocycles. The second-order valence-corrected chi connectivity index (χ2v) is 15.2. The van der Waals surface area contributed by atoms with Gasteiger partial charge < -0.3 is 4.74 Å². The zero-order valence-electron chi connectivity index (χ0n) is 23.7. The van der Waals surface area contributed by atoms with Crippen molar-refractivity contribution in [2.45, 2.75) is 126 Å². The van der Waals surface area contributed by atoms with E-state index in [9.17, 15) is 4.79 Å². The summed E-state index contributed by atoms with van der Waals surface area (Å²) in [5.74, 6) is 3.79. The van der Waals surface area contributed by atoms with Gasteiger partial charge in [-0.2, -0.15) is 0 Å². The molecule has 5 rings (SSSR count). The van der Waals surface area contributed by atoms with E-state index in [0.29, 0.717) is 22.2 Å². The lowest BCUT2D eigenvalue weighted by atomic mass is 9.35. The molecule has 2 nitrogen and oxygen atoms in total. The van der Waals surface area contributed by atoms with Gasteiger partial charge in [-0.15, -0.1) is 0 Å². The van der Waals surface area contributed by atoms with Crippen LogP contribution in [0.4, 0.5) is 0 Å². The van der Waals surface area contributed by atoms with Crippen molar-refractivity contribution >= 4 is 5.97 Å². The number of rotatable bonds is 2. The average molecular weight is 469 g/mol. The summed E-state index contributed by atoms with van der Waals surface area (Å²) < 4.78 is 5.89. The van der Waals surface area contributed by atoms with Crippen molar-refractivity contribution in [3.8, 4) is 0 Å². The summed E-state index contributed by atoms with van der Waals surface area (Å²) in [6.45, 7) is 22.0. The molecule has 0 aliphatic heterocycles. The van der Waals surface area contributed by atoms with Crippen LogP contribution in [-0.2, 0) is 9.53 Å². The minimum atomic E-state index is -0.114. The highest BCUT2D eigenvalue weighted by Crippen LogP contribution is 2.76. The summed E-state index contributed by atoms with van der Waals surface area (Å²) in [6, 6.07) is 0. The molecule has 0 spiro atoms. The Morgan fingerprint density at radius 2 is 1.56 bits per heavy atom. The molecule has 34 heavy (non-hydrogen) atoms. The van der Waals surface area contributed by atoms with Gasteiger partial charge in [-0.1, -0.05) is 67.0 Å². The van der Waals surface area contributed by atoms with E-state index >= 15 is 0 Å². The summed E-state index contributed by atoms with van der Waals surface area (Å²) in [5.41, 5.74) is 3.46. The Balaban J connectivity index is 1.51. The lowest BCUT2D eigenvalue weighted by Crippen LogP contribution is -2.62. The van der Waals surface area contributed by atoms with Gasteiger partial charge >= 0.3 is 5.97 Å². The van der Waals surface area contributed by atoms with E-state index in [1.165, 1.54) is 51.4 Å². The normalized spacial score (nSPS) is 51.6. The molecule has 5 aliphatic rings. The van der Waals surface area contributed by atoms with Crippen molar-refractivity contribution in [3.05, 3.63) is 11.6 Å². The molecular weight excluding hydrogens is 416 g/mol. The van der Waals surface area contributed by atoms with Gasteiger partial charge in [0.1, 0.15) is 6.10 Å². The maximum Gasteiger partial charge on any atom is 0.302 e. The summed E-state index contributed by atoms with van der Waals surface area (Å²) in [7, 11) is 0. The second kappa shape index (κ2) is 7.61. The lowest BCUT2D eigenvalue weighted by Gasteiger charge is -2.69. The van der Waals surface area contributed by atoms with Gasteiger partial charge in [-0.25, -0.2) is 0 Å². The number of carbonyl (C=O) groups excluding carboxylic acids is 1. The molecule has 0 aromatic heterocycles. The molecule has 0 bridgehead atoms. The number of allylic oxidation sites excluding steroid dienone is 2. The van der Waals surface area contributed by atoms with E-state index in [-0.39, 0.29) is 22.9 Å². The van der Waals surface area contributed by atoms with Crippen molar-refractivity contribution in [2.75, 3.05) is 0 Å². The van der Waals surface area contributed by atoms with Crippen molar-refractivity contribution in [3.63, 3.8) is 0 Å². The third-order valence-corrected chi connectivity index (χ3v) is 13.5. The molecule has 0 aromatic carbocycles. The first kappa shape index (κ1) is 24.9. The van der Waals surface area contributed by atoms with Crippen LogP contribution in [0.1, 0.15) is 120 Å². The Labute approximate surface area is 210 Å². The van der Waals surface area contributed by atoms with Crippen LogP contribution in [0.15, 0.2) is 11.6 Å². The van der Waals surface area contributed by atoms with E-state index in [0.717, 1.165) is 30.1 Å². The third-order valence-electron chi connectivity index (χ3n) is 13.5. The predicted molar refractivity (Wildman–Crippen MR) is 140 cm³/mol. The van der Waals surface area contributed by atoms with Crippen LogP contribution in [0.25, 0.3) is 0 Å². The van der Waals surface area contributed by atoms with Crippen LogP contribution in [-0.4, -0.2) is 12.1 Å². The molecule has 0 saturated heterocycles. The highest BCUT2D eigenvalue weighted by molar-refractivity contribution is 5.66. The van der Waals surface area contributed by atoms with Gasteiger partial charge in [0.15, 0.2) is 0 Å². The fourth-order valence-electron chi connectivity index (χ4n) is 11.6. The van der Waals surface area contributed by atoms with E-state index < -0.39 is 0 Å². The molecule has 0 amide bonds. The summed E-state index contributed by atoms with van der Waals surface area (Å²) >= 11 is 0. The van der Waals surface area contributed by atoms with E-state index in [1.807, 2.05) is 0 Å². The molecule has 4 saturated carbocycles. The van der Waals surface area contributed by atoms with Gasteiger partial charge in [-0.3, -0.25) is 4.79 Å². The number of fused-ring (bicyclic) bond motifs is 7. The van der Waals surface area contributed by atoms with Crippen molar-refractivity contribution in [1.82, 2.24) is 0 Å². The van der Waals surface area contributed by atoms with Crippen LogP contribution in [0.2, 0.25) is 0 Å². The van der Waals surface area contributed by atoms with Gasteiger partial charge in [-0.05, 0) is 109 Å². The fraction of sp³-hybridized carbons (Fsp3) is 0.906. The van der Waals surface area contributed by atoms with Gasteiger partial charge in [0, 0.05) is 12.3 Å². The lowest BCUT2D eigenvalue weighted by molar-refractivity contribution is -0.179. The summed E-state index contributed by atoms with van der Waals surface area (Å²) in [6.07, 6.45) is 14.6. The van der Waals surface area contributed by atoms with Crippen LogP contribution >= 0.6 is 0 Å². The van der Waals surface area contributed by atoms with Crippen molar-refractivity contribution in [2.24, 2.45) is 56.7 Å². The SMILES string of the molecule is CC(=O)O[C@H]1CC[C@]2(C)C3=CCC4(C)C5CC[C@@H](C(C)C)C5(C)CC[C@]4(C)C3CC[C@H]2C1(C)C. The molecule has 5 aliphatic carbocycles. The van der Waals surface area contributed by atoms with Crippen molar-refractivity contribution < 1.29 is 9.53 Å². The summed E-state index contributed by atoms with van der Waals surface area (Å²) in [5, 5.41) is 0. The Morgan fingerprint density at radius 1 is 0.882 bits per heavy atom. The number of hydrogen-bond acceptors (Lipinski definition) is 2. The zero-order valence-corrected chi connectivity index (χ0v) is 23.7. The quantitative estimate of drug-likeness (QED) is 0.299. The highest BCUT2D eigenvalue weighted by atomic mass is 16.5. The third kappa shape index (κ3) is 3.01. The Morgan fingerprint density at radius 3 is 2.21 bits per heavy atom. The van der Waals surface area contributed by atoms with Crippen LogP contribution in [0, 0.1) is 56.7 Å². The predicted octanol–water partition coefficient (Wildman–Crippen LogP) is 8.60. The average Bonchev–Trinajstić information content (AvgIpc) is 3.10. The van der Waals surface area contributed by atoms with E-state index in [1.54, 1.807) is 12.5 Å². The first-order chi connectivity index (χ1) is 15.7. The van der Waals surface area contributed by atoms with Gasteiger partial charge in [0.25, 0.3) is 0 Å². The molecule has 9 atom stereocenters. The topological polar surface area (TPSA) is 26.3 Å². The fourth-order valence-corrected chi connectivity index (χ4v) is 11.6. The molecular formula is C32H52O2. The monoisotopic (exact) mass is 468 g/mol. The molecule has 192 valence electrons. The maximum atomic E-state index is 11.9. The molecule has 0 N–H and O–H groups in total. The minimum absolute atomic E-state index is 0.0349. The number of esters is 1. The molecule has 4 fully saturated rings. The molecule has 0 radical (unpaired) electrons. The standard InChI is InChI=1S/C32H52O2/c1-20(2)22-10-13-26-30(22,7)18-19-31(8)24-11-12-25-28(4,5)27(34-21(3)33)15-16-29(25,6)23(24)14-17-32(26,31)9/h14,20,22,24-27H,10-13,15-19H2,1-9H3/t22-,24?,25-,26?,27-,29+,30?,31+,32?/m0/s1. The second-order valence-electron chi connectivity index (χ2n) is 15.2. The first-order valence-electron chi connectivity index (χ1n) is 14.6. The van der Waals surface area contributed by atoms with Crippen molar-refractivity contribution in [1.29, 1.82) is 0 Å². The highest BCUT2D eigenvalue weighted by Gasteiger charge is 2.68.